The highest BCUT2D eigenvalue weighted by Crippen LogP contribution is 2.20. The summed E-state index contributed by atoms with van der Waals surface area (Å²) in [5, 5.41) is 6.36. The molecule has 2 atom stereocenters. The summed E-state index contributed by atoms with van der Waals surface area (Å²) in [6.07, 6.45) is 2.62. The van der Waals surface area contributed by atoms with Crippen LogP contribution in [0.4, 0.5) is 0 Å². The monoisotopic (exact) mass is 315 g/mol. The number of hydrogen-bond donors (Lipinski definition) is 2. The van der Waals surface area contributed by atoms with E-state index in [2.05, 4.69) is 22.8 Å². The molecule has 0 aliphatic carbocycles. The predicted molar refractivity (Wildman–Crippen MR) is 88.7 cm³/mol. The minimum atomic E-state index is -0.214. The van der Waals surface area contributed by atoms with Gasteiger partial charge in [-0.05, 0) is 31.9 Å². The maximum absolute atomic E-state index is 12.3. The van der Waals surface area contributed by atoms with Crippen molar-refractivity contribution in [2.75, 3.05) is 19.6 Å². The topological polar surface area (TPSA) is 61.4 Å². The van der Waals surface area contributed by atoms with Crippen molar-refractivity contribution in [2.24, 2.45) is 5.92 Å². The molecule has 5 nitrogen and oxygen atoms in total. The molecule has 0 aromatic heterocycles. The van der Waals surface area contributed by atoms with E-state index >= 15 is 0 Å². The Bertz CT molecular complexity index is 564. The Morgan fingerprint density at radius 3 is 2.83 bits per heavy atom. The molecule has 2 fully saturated rings. The van der Waals surface area contributed by atoms with Crippen LogP contribution in [0.1, 0.15) is 30.4 Å². The molecule has 2 aliphatic rings. The lowest BCUT2D eigenvalue weighted by atomic mass is 10.1. The highest BCUT2D eigenvalue weighted by atomic mass is 16.2. The molecule has 2 N–H and O–H groups in total. The van der Waals surface area contributed by atoms with Crippen LogP contribution in [0.15, 0.2) is 24.3 Å². The van der Waals surface area contributed by atoms with Crippen molar-refractivity contribution >= 4 is 11.8 Å². The second kappa shape index (κ2) is 7.13. The van der Waals surface area contributed by atoms with E-state index in [0.717, 1.165) is 18.5 Å². The number of carbonyl (C=O) groups excluding carboxylic acids is 2. The number of aryl methyl sites for hydroxylation is 1. The lowest BCUT2D eigenvalue weighted by Gasteiger charge is -2.17. The Hall–Kier alpha value is -1.88. The third-order valence-electron chi connectivity index (χ3n) is 4.76. The first-order chi connectivity index (χ1) is 11.1. The van der Waals surface area contributed by atoms with Crippen molar-refractivity contribution < 1.29 is 9.59 Å². The average molecular weight is 315 g/mol. The van der Waals surface area contributed by atoms with Crippen molar-refractivity contribution in [1.82, 2.24) is 15.5 Å². The summed E-state index contributed by atoms with van der Waals surface area (Å²) >= 11 is 0. The summed E-state index contributed by atoms with van der Waals surface area (Å²) in [4.78, 5) is 26.2. The fourth-order valence-corrected chi connectivity index (χ4v) is 3.31. The molecule has 0 saturated carbocycles. The first kappa shape index (κ1) is 16.0. The van der Waals surface area contributed by atoms with E-state index in [4.69, 9.17) is 0 Å². The van der Waals surface area contributed by atoms with Crippen molar-refractivity contribution in [3.63, 3.8) is 0 Å². The molecule has 0 bridgehead atoms. The van der Waals surface area contributed by atoms with Crippen molar-refractivity contribution in [2.45, 2.75) is 38.8 Å². The lowest BCUT2D eigenvalue weighted by Crippen LogP contribution is -2.40. The van der Waals surface area contributed by atoms with Crippen LogP contribution in [-0.4, -0.2) is 42.4 Å². The number of nitrogens with zero attached hydrogens (tertiary/aromatic N) is 1. The molecule has 2 aliphatic heterocycles. The molecule has 0 radical (unpaired) electrons. The van der Waals surface area contributed by atoms with E-state index in [1.165, 1.54) is 12.0 Å². The number of rotatable bonds is 5. The van der Waals surface area contributed by atoms with Crippen LogP contribution >= 0.6 is 0 Å². The predicted octanol–water partition coefficient (Wildman–Crippen LogP) is 1.21. The van der Waals surface area contributed by atoms with Gasteiger partial charge < -0.3 is 15.5 Å². The number of likely N-dealkylation sites (tertiary alicyclic amines) is 1. The van der Waals surface area contributed by atoms with Crippen LogP contribution < -0.4 is 10.6 Å². The quantitative estimate of drug-likeness (QED) is 0.859. The van der Waals surface area contributed by atoms with Crippen LogP contribution in [0.3, 0.4) is 0 Å². The zero-order chi connectivity index (χ0) is 16.2. The Kier molecular flexibility index (Phi) is 4.96. The SMILES string of the molecule is Cc1ccc(CN2CC(C(=O)NCC3CCCN3)CC2=O)cc1. The molecular formula is C18H25N3O2. The van der Waals surface area contributed by atoms with Crippen LogP contribution in [-0.2, 0) is 16.1 Å². The molecule has 2 heterocycles. The third kappa shape index (κ3) is 4.10. The van der Waals surface area contributed by atoms with Crippen LogP contribution in [0.25, 0.3) is 0 Å². The molecule has 5 heteroatoms. The highest BCUT2D eigenvalue weighted by molar-refractivity contribution is 5.89. The molecule has 1 aromatic carbocycles. The van der Waals surface area contributed by atoms with Crippen molar-refractivity contribution in [3.05, 3.63) is 35.4 Å². The first-order valence-corrected chi connectivity index (χ1v) is 8.46. The molecule has 3 rings (SSSR count). The smallest absolute Gasteiger partial charge is 0.225 e. The van der Waals surface area contributed by atoms with Gasteiger partial charge in [0.2, 0.25) is 11.8 Å². The summed E-state index contributed by atoms with van der Waals surface area (Å²) in [5.41, 5.74) is 2.32. The highest BCUT2D eigenvalue weighted by Gasteiger charge is 2.34. The number of carbonyl (C=O) groups is 2. The molecular weight excluding hydrogens is 290 g/mol. The van der Waals surface area contributed by atoms with Gasteiger partial charge >= 0.3 is 0 Å². The molecule has 0 spiro atoms. The van der Waals surface area contributed by atoms with E-state index < -0.39 is 0 Å². The largest absolute Gasteiger partial charge is 0.354 e. The van der Waals surface area contributed by atoms with Gasteiger partial charge in [-0.25, -0.2) is 0 Å². The van der Waals surface area contributed by atoms with E-state index in [9.17, 15) is 9.59 Å². The third-order valence-corrected chi connectivity index (χ3v) is 4.76. The number of hydrogen-bond acceptors (Lipinski definition) is 3. The Balaban J connectivity index is 1.50. The standard InChI is InChI=1S/C18H25N3O2/c1-13-4-6-14(7-5-13)11-21-12-15(9-17(21)22)18(23)20-10-16-3-2-8-19-16/h4-7,15-16,19H,2-3,8-12H2,1H3,(H,20,23). The zero-order valence-electron chi connectivity index (χ0n) is 13.7. The summed E-state index contributed by atoms with van der Waals surface area (Å²) in [6.45, 7) is 4.86. The average Bonchev–Trinajstić information content (AvgIpc) is 3.18. The molecule has 124 valence electrons. The van der Waals surface area contributed by atoms with Crippen LogP contribution in [0, 0.1) is 12.8 Å². The summed E-state index contributed by atoms with van der Waals surface area (Å²) in [7, 11) is 0. The summed E-state index contributed by atoms with van der Waals surface area (Å²) in [5.74, 6) is -0.127. The molecule has 2 saturated heterocycles. The van der Waals surface area contributed by atoms with Gasteiger partial charge in [0, 0.05) is 32.1 Å². The molecule has 2 unspecified atom stereocenters. The first-order valence-electron chi connectivity index (χ1n) is 8.46. The summed E-state index contributed by atoms with van der Waals surface area (Å²) in [6, 6.07) is 8.58. The maximum atomic E-state index is 12.3. The van der Waals surface area contributed by atoms with E-state index in [1.54, 1.807) is 4.90 Å². The second-order valence-electron chi connectivity index (χ2n) is 6.70. The van der Waals surface area contributed by atoms with Gasteiger partial charge in [-0.2, -0.15) is 0 Å². The Morgan fingerprint density at radius 2 is 2.13 bits per heavy atom. The van der Waals surface area contributed by atoms with Crippen molar-refractivity contribution in [3.8, 4) is 0 Å². The van der Waals surface area contributed by atoms with Gasteiger partial charge in [-0.15, -0.1) is 0 Å². The van der Waals surface area contributed by atoms with Crippen molar-refractivity contribution in [1.29, 1.82) is 0 Å². The molecule has 23 heavy (non-hydrogen) atoms. The van der Waals surface area contributed by atoms with Gasteiger partial charge in [-0.3, -0.25) is 9.59 Å². The van der Waals surface area contributed by atoms with Gasteiger partial charge in [0.25, 0.3) is 0 Å². The van der Waals surface area contributed by atoms with E-state index in [0.29, 0.717) is 32.1 Å². The Labute approximate surface area is 137 Å². The fraction of sp³-hybridized carbons (Fsp3) is 0.556. The molecule has 1 aromatic rings. The van der Waals surface area contributed by atoms with E-state index in [-0.39, 0.29) is 17.7 Å². The number of nitrogens with one attached hydrogen (secondary N) is 2. The van der Waals surface area contributed by atoms with Crippen LogP contribution in [0.5, 0.6) is 0 Å². The minimum absolute atomic E-state index is 0.0125. The lowest BCUT2D eigenvalue weighted by molar-refractivity contribution is -0.129. The van der Waals surface area contributed by atoms with Crippen LogP contribution in [0.2, 0.25) is 0 Å². The fourth-order valence-electron chi connectivity index (χ4n) is 3.31. The number of benzene rings is 1. The molecule has 2 amide bonds. The summed E-state index contributed by atoms with van der Waals surface area (Å²) < 4.78 is 0. The maximum Gasteiger partial charge on any atom is 0.225 e. The zero-order valence-corrected chi connectivity index (χ0v) is 13.7. The van der Waals surface area contributed by atoms with E-state index in [1.807, 2.05) is 19.1 Å². The van der Waals surface area contributed by atoms with Gasteiger partial charge in [0.1, 0.15) is 0 Å². The minimum Gasteiger partial charge on any atom is -0.354 e. The van der Waals surface area contributed by atoms with Gasteiger partial charge in [0.15, 0.2) is 0 Å². The Morgan fingerprint density at radius 1 is 1.35 bits per heavy atom. The number of amides is 2. The normalized spacial score (nSPS) is 24.2. The van der Waals surface area contributed by atoms with Gasteiger partial charge in [-0.1, -0.05) is 29.8 Å². The van der Waals surface area contributed by atoms with Gasteiger partial charge in [0.05, 0.1) is 5.92 Å². The second-order valence-corrected chi connectivity index (χ2v) is 6.70.